The highest BCUT2D eigenvalue weighted by molar-refractivity contribution is 5.02. The molecule has 0 aromatic carbocycles. The molecule has 0 bridgehead atoms. The molecule has 108 valence electrons. The Kier molecular flexibility index (Phi) is 6.57. The molecule has 0 saturated heterocycles. The van der Waals surface area contributed by atoms with Crippen LogP contribution in [-0.4, -0.2) is 44.8 Å². The Morgan fingerprint density at radius 3 is 2.17 bits per heavy atom. The van der Waals surface area contributed by atoms with Gasteiger partial charge < -0.3 is 19.5 Å². The Hall–Kier alpha value is -0.160. The fourth-order valence-electron chi connectivity index (χ4n) is 2.49. The molecule has 0 spiro atoms. The monoisotopic (exact) mass is 259 g/mol. The first-order chi connectivity index (χ1) is 8.56. The Morgan fingerprint density at radius 2 is 1.72 bits per heavy atom. The van der Waals surface area contributed by atoms with Gasteiger partial charge in [0.15, 0.2) is 6.29 Å². The van der Waals surface area contributed by atoms with E-state index < -0.39 is 0 Å². The fraction of sp³-hybridized carbons (Fsp3) is 1.00. The van der Waals surface area contributed by atoms with Crippen molar-refractivity contribution in [3.63, 3.8) is 0 Å². The minimum atomic E-state index is -0.137. The van der Waals surface area contributed by atoms with Crippen molar-refractivity contribution in [2.24, 2.45) is 5.41 Å². The van der Waals surface area contributed by atoms with E-state index in [-0.39, 0.29) is 11.7 Å². The molecule has 0 amide bonds. The molecule has 0 aromatic heterocycles. The zero-order valence-electron chi connectivity index (χ0n) is 12.5. The second kappa shape index (κ2) is 7.43. The summed E-state index contributed by atoms with van der Waals surface area (Å²) in [6.07, 6.45) is 1.31. The van der Waals surface area contributed by atoms with E-state index in [1.54, 1.807) is 0 Å². The molecular formula is C14H29NO3. The van der Waals surface area contributed by atoms with Gasteiger partial charge in [0.2, 0.25) is 0 Å². The van der Waals surface area contributed by atoms with E-state index in [9.17, 15) is 0 Å². The fourth-order valence-corrected chi connectivity index (χ4v) is 2.49. The molecule has 1 saturated carbocycles. The summed E-state index contributed by atoms with van der Waals surface area (Å²) in [6, 6.07) is 0.484. The number of hydrogen-bond donors (Lipinski definition) is 1. The molecule has 1 fully saturated rings. The number of hydrogen-bond acceptors (Lipinski definition) is 4. The average molecular weight is 259 g/mol. The van der Waals surface area contributed by atoms with Crippen LogP contribution in [0.15, 0.2) is 0 Å². The average Bonchev–Trinajstić information content (AvgIpc) is 2.33. The highest BCUT2D eigenvalue weighted by atomic mass is 16.7. The van der Waals surface area contributed by atoms with Gasteiger partial charge in [-0.2, -0.15) is 0 Å². The van der Waals surface area contributed by atoms with Crippen molar-refractivity contribution in [3.05, 3.63) is 0 Å². The van der Waals surface area contributed by atoms with Crippen LogP contribution in [0.3, 0.4) is 0 Å². The van der Waals surface area contributed by atoms with Crippen molar-refractivity contribution in [1.29, 1.82) is 0 Å². The molecule has 4 nitrogen and oxygen atoms in total. The summed E-state index contributed by atoms with van der Waals surface area (Å²) in [7, 11) is 0. The summed E-state index contributed by atoms with van der Waals surface area (Å²) in [5.74, 6) is 0. The summed E-state index contributed by atoms with van der Waals surface area (Å²) in [4.78, 5) is 0. The van der Waals surface area contributed by atoms with Crippen LogP contribution >= 0.6 is 0 Å². The quantitative estimate of drug-likeness (QED) is 0.644. The zero-order valence-corrected chi connectivity index (χ0v) is 12.5. The second-order valence-corrected chi connectivity index (χ2v) is 5.30. The van der Waals surface area contributed by atoms with E-state index in [4.69, 9.17) is 14.2 Å². The van der Waals surface area contributed by atoms with Crippen LogP contribution in [0.5, 0.6) is 0 Å². The van der Waals surface area contributed by atoms with E-state index in [1.807, 2.05) is 13.8 Å². The third kappa shape index (κ3) is 3.92. The maximum absolute atomic E-state index is 5.72. The Labute approximate surface area is 111 Å². The SMILES string of the molecule is CCOC(CNC1CC(OCC)C1(C)C)OCC. The summed E-state index contributed by atoms with van der Waals surface area (Å²) < 4.78 is 16.8. The molecule has 18 heavy (non-hydrogen) atoms. The van der Waals surface area contributed by atoms with Gasteiger partial charge in [0.25, 0.3) is 0 Å². The molecule has 4 heteroatoms. The van der Waals surface area contributed by atoms with Gasteiger partial charge in [0.1, 0.15) is 0 Å². The largest absolute Gasteiger partial charge is 0.378 e. The first-order valence-corrected chi connectivity index (χ1v) is 7.14. The minimum Gasteiger partial charge on any atom is -0.378 e. The molecule has 1 aliphatic rings. The molecule has 0 heterocycles. The number of nitrogens with one attached hydrogen (secondary N) is 1. The maximum Gasteiger partial charge on any atom is 0.169 e. The summed E-state index contributed by atoms with van der Waals surface area (Å²) in [6.45, 7) is 13.4. The summed E-state index contributed by atoms with van der Waals surface area (Å²) in [5.41, 5.74) is 0.193. The third-order valence-electron chi connectivity index (χ3n) is 3.78. The lowest BCUT2D eigenvalue weighted by Crippen LogP contribution is -2.62. The maximum atomic E-state index is 5.72. The van der Waals surface area contributed by atoms with E-state index in [0.717, 1.165) is 19.6 Å². The van der Waals surface area contributed by atoms with Crippen molar-refractivity contribution in [2.45, 2.75) is 59.5 Å². The minimum absolute atomic E-state index is 0.137. The number of rotatable bonds is 9. The van der Waals surface area contributed by atoms with Crippen LogP contribution < -0.4 is 5.32 Å². The molecule has 2 unspecified atom stereocenters. The van der Waals surface area contributed by atoms with Crippen LogP contribution in [0.4, 0.5) is 0 Å². The van der Waals surface area contributed by atoms with Gasteiger partial charge in [-0.15, -0.1) is 0 Å². The lowest BCUT2D eigenvalue weighted by atomic mass is 9.64. The van der Waals surface area contributed by atoms with Crippen LogP contribution in [0.2, 0.25) is 0 Å². The zero-order chi connectivity index (χ0) is 13.6. The lowest BCUT2D eigenvalue weighted by molar-refractivity contribution is -0.148. The van der Waals surface area contributed by atoms with Gasteiger partial charge in [-0.05, 0) is 27.2 Å². The molecular weight excluding hydrogens is 230 g/mol. The second-order valence-electron chi connectivity index (χ2n) is 5.30. The van der Waals surface area contributed by atoms with Gasteiger partial charge in [0.05, 0.1) is 6.10 Å². The highest BCUT2D eigenvalue weighted by Gasteiger charge is 2.48. The molecule has 0 radical (unpaired) electrons. The number of ether oxygens (including phenoxy) is 3. The Morgan fingerprint density at radius 1 is 1.11 bits per heavy atom. The smallest absolute Gasteiger partial charge is 0.169 e. The Bertz CT molecular complexity index is 227. The summed E-state index contributed by atoms with van der Waals surface area (Å²) in [5, 5.41) is 3.54. The normalized spacial score (nSPS) is 26.3. The molecule has 0 aliphatic heterocycles. The van der Waals surface area contributed by atoms with Crippen LogP contribution in [0.1, 0.15) is 41.0 Å². The standard InChI is InChI=1S/C14H29NO3/c1-6-16-12-9-11(14(12,4)5)15-10-13(17-7-2)18-8-3/h11-13,15H,6-10H2,1-5H3. The van der Waals surface area contributed by atoms with E-state index in [2.05, 4.69) is 26.1 Å². The van der Waals surface area contributed by atoms with Gasteiger partial charge in [-0.3, -0.25) is 0 Å². The highest BCUT2D eigenvalue weighted by Crippen LogP contribution is 2.42. The first-order valence-electron chi connectivity index (χ1n) is 7.14. The van der Waals surface area contributed by atoms with Crippen molar-refractivity contribution < 1.29 is 14.2 Å². The summed E-state index contributed by atoms with van der Waals surface area (Å²) >= 11 is 0. The molecule has 0 aromatic rings. The molecule has 1 aliphatic carbocycles. The van der Waals surface area contributed by atoms with Gasteiger partial charge in [0, 0.05) is 37.8 Å². The van der Waals surface area contributed by atoms with Crippen LogP contribution in [-0.2, 0) is 14.2 Å². The van der Waals surface area contributed by atoms with Gasteiger partial charge in [-0.1, -0.05) is 13.8 Å². The van der Waals surface area contributed by atoms with Crippen molar-refractivity contribution in [3.8, 4) is 0 Å². The van der Waals surface area contributed by atoms with E-state index in [1.165, 1.54) is 0 Å². The molecule has 1 N–H and O–H groups in total. The van der Waals surface area contributed by atoms with Crippen molar-refractivity contribution in [2.75, 3.05) is 26.4 Å². The van der Waals surface area contributed by atoms with E-state index in [0.29, 0.717) is 25.4 Å². The predicted octanol–water partition coefficient (Wildman–Crippen LogP) is 2.18. The predicted molar refractivity (Wildman–Crippen MR) is 72.6 cm³/mol. The Balaban J connectivity index is 2.31. The van der Waals surface area contributed by atoms with Crippen LogP contribution in [0.25, 0.3) is 0 Å². The molecule has 2 atom stereocenters. The lowest BCUT2D eigenvalue weighted by Gasteiger charge is -2.52. The van der Waals surface area contributed by atoms with E-state index >= 15 is 0 Å². The van der Waals surface area contributed by atoms with Crippen molar-refractivity contribution >= 4 is 0 Å². The van der Waals surface area contributed by atoms with Crippen molar-refractivity contribution in [1.82, 2.24) is 5.32 Å². The van der Waals surface area contributed by atoms with Gasteiger partial charge >= 0.3 is 0 Å². The van der Waals surface area contributed by atoms with Crippen LogP contribution in [0, 0.1) is 5.41 Å². The first kappa shape index (κ1) is 15.9. The van der Waals surface area contributed by atoms with Gasteiger partial charge in [-0.25, -0.2) is 0 Å². The molecule has 1 rings (SSSR count). The topological polar surface area (TPSA) is 39.7 Å². The third-order valence-corrected chi connectivity index (χ3v) is 3.78.